The second-order valence-electron chi connectivity index (χ2n) is 5.71. The SMILES string of the molecule is Cn1cnc(-c2nc(C(=O)Nc3cnn(C4CCC4)c3)cs2)c1. The second kappa shape index (κ2) is 5.62. The number of carbonyl (C=O) groups excluding carboxylic acids is 1. The zero-order valence-electron chi connectivity index (χ0n) is 12.6. The molecule has 1 saturated carbocycles. The summed E-state index contributed by atoms with van der Waals surface area (Å²) >= 11 is 1.41. The molecule has 0 spiro atoms. The third kappa shape index (κ3) is 2.77. The van der Waals surface area contributed by atoms with Gasteiger partial charge in [0.05, 0.1) is 24.3 Å². The number of aromatic nitrogens is 5. The van der Waals surface area contributed by atoms with Gasteiger partial charge in [-0.1, -0.05) is 0 Å². The molecule has 23 heavy (non-hydrogen) atoms. The van der Waals surface area contributed by atoms with Gasteiger partial charge in [0.25, 0.3) is 5.91 Å². The second-order valence-corrected chi connectivity index (χ2v) is 6.57. The van der Waals surface area contributed by atoms with Crippen LogP contribution in [0.2, 0.25) is 0 Å². The molecule has 8 heteroatoms. The van der Waals surface area contributed by atoms with Gasteiger partial charge in [-0.3, -0.25) is 9.48 Å². The molecular formula is C15H16N6OS. The van der Waals surface area contributed by atoms with E-state index in [1.807, 2.05) is 28.7 Å². The molecule has 1 N–H and O–H groups in total. The van der Waals surface area contributed by atoms with Crippen molar-refractivity contribution in [3.63, 3.8) is 0 Å². The monoisotopic (exact) mass is 328 g/mol. The number of rotatable bonds is 4. The maximum atomic E-state index is 12.3. The zero-order chi connectivity index (χ0) is 15.8. The quantitative estimate of drug-likeness (QED) is 0.799. The number of anilines is 1. The van der Waals surface area contributed by atoms with E-state index in [2.05, 4.69) is 20.4 Å². The lowest BCUT2D eigenvalue weighted by atomic mass is 9.93. The van der Waals surface area contributed by atoms with Gasteiger partial charge >= 0.3 is 0 Å². The molecule has 4 rings (SSSR count). The van der Waals surface area contributed by atoms with Crippen LogP contribution in [0, 0.1) is 0 Å². The lowest BCUT2D eigenvalue weighted by Crippen LogP contribution is -2.17. The van der Waals surface area contributed by atoms with Gasteiger partial charge in [-0.05, 0) is 19.3 Å². The average molecular weight is 328 g/mol. The number of amides is 1. The van der Waals surface area contributed by atoms with E-state index in [1.165, 1.54) is 17.8 Å². The first-order valence-corrected chi connectivity index (χ1v) is 8.36. The van der Waals surface area contributed by atoms with E-state index >= 15 is 0 Å². The zero-order valence-corrected chi connectivity index (χ0v) is 13.5. The van der Waals surface area contributed by atoms with Gasteiger partial charge in [-0.25, -0.2) is 9.97 Å². The van der Waals surface area contributed by atoms with Crippen molar-refractivity contribution in [2.45, 2.75) is 25.3 Å². The Bertz CT molecular complexity index is 844. The molecule has 0 radical (unpaired) electrons. The van der Waals surface area contributed by atoms with Gasteiger partial charge in [0.1, 0.15) is 16.4 Å². The minimum absolute atomic E-state index is 0.225. The summed E-state index contributed by atoms with van der Waals surface area (Å²) in [5.74, 6) is -0.225. The lowest BCUT2D eigenvalue weighted by Gasteiger charge is -2.25. The summed E-state index contributed by atoms with van der Waals surface area (Å²) in [7, 11) is 1.90. The standard InChI is InChI=1S/C15H16N6OS/c1-20-7-12(16-9-20)15-19-13(8-23-15)14(22)18-10-5-17-21(6-10)11-3-2-4-11/h5-9,11H,2-4H2,1H3,(H,18,22). The van der Waals surface area contributed by atoms with E-state index in [0.29, 0.717) is 17.4 Å². The van der Waals surface area contributed by atoms with Gasteiger partial charge in [0, 0.05) is 24.8 Å². The molecule has 1 aliphatic rings. The van der Waals surface area contributed by atoms with Crippen molar-refractivity contribution < 1.29 is 4.79 Å². The third-order valence-electron chi connectivity index (χ3n) is 3.97. The number of hydrogen-bond acceptors (Lipinski definition) is 5. The van der Waals surface area contributed by atoms with Crippen LogP contribution < -0.4 is 5.32 Å². The molecule has 0 bridgehead atoms. The minimum Gasteiger partial charge on any atom is -0.340 e. The Morgan fingerprint density at radius 3 is 2.96 bits per heavy atom. The molecule has 0 aromatic carbocycles. The number of imidazole rings is 1. The normalized spacial score (nSPS) is 14.7. The summed E-state index contributed by atoms with van der Waals surface area (Å²) in [6, 6.07) is 0.482. The van der Waals surface area contributed by atoms with E-state index in [1.54, 1.807) is 17.9 Å². The summed E-state index contributed by atoms with van der Waals surface area (Å²) in [5.41, 5.74) is 1.87. The molecule has 7 nitrogen and oxygen atoms in total. The van der Waals surface area contributed by atoms with Gasteiger partial charge in [0.2, 0.25) is 0 Å². The van der Waals surface area contributed by atoms with Gasteiger partial charge in [0.15, 0.2) is 0 Å². The molecule has 3 heterocycles. The Balaban J connectivity index is 1.46. The Kier molecular flexibility index (Phi) is 3.45. The predicted octanol–water partition coefficient (Wildman–Crippen LogP) is 2.72. The fourth-order valence-electron chi connectivity index (χ4n) is 2.47. The number of thiazole rings is 1. The molecule has 0 unspecified atom stereocenters. The van der Waals surface area contributed by atoms with Gasteiger partial charge in [-0.15, -0.1) is 11.3 Å². The molecule has 1 aliphatic carbocycles. The maximum Gasteiger partial charge on any atom is 0.275 e. The highest BCUT2D eigenvalue weighted by Crippen LogP contribution is 2.31. The number of hydrogen-bond donors (Lipinski definition) is 1. The molecule has 3 aromatic rings. The predicted molar refractivity (Wildman–Crippen MR) is 87.4 cm³/mol. The van der Waals surface area contributed by atoms with Crippen LogP contribution in [0.25, 0.3) is 10.7 Å². The first-order valence-electron chi connectivity index (χ1n) is 7.48. The Morgan fingerprint density at radius 2 is 2.26 bits per heavy atom. The highest BCUT2D eigenvalue weighted by molar-refractivity contribution is 7.13. The number of nitrogens with one attached hydrogen (secondary N) is 1. The van der Waals surface area contributed by atoms with Crippen LogP contribution >= 0.6 is 11.3 Å². The summed E-state index contributed by atoms with van der Waals surface area (Å²) in [4.78, 5) is 20.9. The molecule has 0 saturated heterocycles. The third-order valence-corrected chi connectivity index (χ3v) is 4.83. The van der Waals surface area contributed by atoms with Crippen LogP contribution in [0.1, 0.15) is 35.8 Å². The fraction of sp³-hybridized carbons (Fsp3) is 0.333. The molecule has 1 fully saturated rings. The Hall–Kier alpha value is -2.48. The Morgan fingerprint density at radius 1 is 1.39 bits per heavy atom. The number of carbonyl (C=O) groups is 1. The summed E-state index contributed by atoms with van der Waals surface area (Å²) in [5, 5.41) is 9.64. The van der Waals surface area contributed by atoms with Crippen LogP contribution in [-0.4, -0.2) is 30.2 Å². The van der Waals surface area contributed by atoms with Crippen molar-refractivity contribution in [1.29, 1.82) is 0 Å². The van der Waals surface area contributed by atoms with E-state index in [4.69, 9.17) is 0 Å². The largest absolute Gasteiger partial charge is 0.340 e. The lowest BCUT2D eigenvalue weighted by molar-refractivity contribution is 0.102. The molecule has 0 aliphatic heterocycles. The molecule has 3 aromatic heterocycles. The van der Waals surface area contributed by atoms with Crippen LogP contribution in [0.4, 0.5) is 5.69 Å². The first kappa shape index (κ1) is 14.1. The molecular weight excluding hydrogens is 312 g/mol. The van der Waals surface area contributed by atoms with Crippen molar-refractivity contribution >= 4 is 22.9 Å². The van der Waals surface area contributed by atoms with Crippen LogP contribution in [0.15, 0.2) is 30.3 Å². The van der Waals surface area contributed by atoms with E-state index in [0.717, 1.165) is 23.5 Å². The van der Waals surface area contributed by atoms with Crippen molar-refractivity contribution in [3.8, 4) is 10.7 Å². The van der Waals surface area contributed by atoms with Crippen molar-refractivity contribution in [3.05, 3.63) is 36.0 Å². The van der Waals surface area contributed by atoms with Gasteiger partial charge < -0.3 is 9.88 Å². The van der Waals surface area contributed by atoms with Crippen LogP contribution in [0.5, 0.6) is 0 Å². The summed E-state index contributed by atoms with van der Waals surface area (Å²) in [6.45, 7) is 0. The molecule has 1 amide bonds. The van der Waals surface area contributed by atoms with Crippen molar-refractivity contribution in [2.24, 2.45) is 7.05 Å². The van der Waals surface area contributed by atoms with Crippen LogP contribution in [-0.2, 0) is 7.05 Å². The van der Waals surface area contributed by atoms with E-state index in [9.17, 15) is 4.79 Å². The van der Waals surface area contributed by atoms with E-state index < -0.39 is 0 Å². The minimum atomic E-state index is -0.225. The highest BCUT2D eigenvalue weighted by Gasteiger charge is 2.20. The number of aryl methyl sites for hydroxylation is 1. The smallest absolute Gasteiger partial charge is 0.275 e. The topological polar surface area (TPSA) is 77.6 Å². The molecule has 118 valence electrons. The Labute approximate surface area is 137 Å². The first-order chi connectivity index (χ1) is 11.2. The highest BCUT2D eigenvalue weighted by atomic mass is 32.1. The van der Waals surface area contributed by atoms with Crippen molar-refractivity contribution in [1.82, 2.24) is 24.3 Å². The molecule has 0 atom stereocenters. The average Bonchev–Trinajstić information content (AvgIpc) is 3.17. The summed E-state index contributed by atoms with van der Waals surface area (Å²) < 4.78 is 3.78. The van der Waals surface area contributed by atoms with Crippen molar-refractivity contribution in [2.75, 3.05) is 5.32 Å². The maximum absolute atomic E-state index is 12.3. The number of nitrogens with zero attached hydrogens (tertiary/aromatic N) is 5. The fourth-order valence-corrected chi connectivity index (χ4v) is 3.23. The summed E-state index contributed by atoms with van der Waals surface area (Å²) in [6.07, 6.45) is 10.7. The van der Waals surface area contributed by atoms with Crippen LogP contribution in [0.3, 0.4) is 0 Å². The van der Waals surface area contributed by atoms with E-state index in [-0.39, 0.29) is 5.91 Å². The van der Waals surface area contributed by atoms with Gasteiger partial charge in [-0.2, -0.15) is 5.10 Å².